The first-order valence-electron chi connectivity index (χ1n) is 9.22. The predicted octanol–water partition coefficient (Wildman–Crippen LogP) is 6.67. The Bertz CT molecular complexity index is 1090. The number of hydrogen-bond acceptors (Lipinski definition) is 3. The van der Waals surface area contributed by atoms with Gasteiger partial charge in [-0.1, -0.05) is 41.4 Å². The lowest BCUT2D eigenvalue weighted by Gasteiger charge is -2.14. The van der Waals surface area contributed by atoms with Crippen LogP contribution in [-0.4, -0.2) is 17.1 Å². The van der Waals surface area contributed by atoms with Gasteiger partial charge in [-0.05, 0) is 67.9 Å². The number of benzene rings is 3. The van der Waals surface area contributed by atoms with E-state index in [4.69, 9.17) is 23.2 Å². The van der Waals surface area contributed by atoms with Crippen molar-refractivity contribution in [3.05, 3.63) is 87.9 Å². The first-order chi connectivity index (χ1) is 14.3. The maximum atomic E-state index is 12.6. The van der Waals surface area contributed by atoms with Crippen LogP contribution in [0.25, 0.3) is 0 Å². The lowest BCUT2D eigenvalue weighted by molar-refractivity contribution is -0.115. The van der Waals surface area contributed by atoms with E-state index in [2.05, 4.69) is 10.6 Å². The largest absolute Gasteiger partial charge is 0.325 e. The number of hydrogen-bond donors (Lipinski definition) is 2. The van der Waals surface area contributed by atoms with Gasteiger partial charge in [-0.2, -0.15) is 0 Å². The van der Waals surface area contributed by atoms with E-state index in [0.717, 1.165) is 10.5 Å². The summed E-state index contributed by atoms with van der Waals surface area (Å²) in [5.74, 6) is -0.374. The summed E-state index contributed by atoms with van der Waals surface area (Å²) >= 11 is 13.4. The van der Waals surface area contributed by atoms with Crippen molar-refractivity contribution in [2.24, 2.45) is 0 Å². The topological polar surface area (TPSA) is 58.2 Å². The highest BCUT2D eigenvalue weighted by molar-refractivity contribution is 8.00. The molecule has 0 fully saturated rings. The quantitative estimate of drug-likeness (QED) is 0.405. The van der Waals surface area contributed by atoms with Gasteiger partial charge in [0.15, 0.2) is 0 Å². The van der Waals surface area contributed by atoms with E-state index in [0.29, 0.717) is 27.0 Å². The van der Waals surface area contributed by atoms with Crippen molar-refractivity contribution < 1.29 is 9.59 Å². The maximum absolute atomic E-state index is 12.6. The molecule has 154 valence electrons. The zero-order chi connectivity index (χ0) is 21.7. The minimum absolute atomic E-state index is 0.126. The number of nitrogens with one attached hydrogen (secondary N) is 2. The minimum atomic E-state index is -0.345. The Morgan fingerprint density at radius 1 is 0.900 bits per heavy atom. The molecule has 0 saturated carbocycles. The van der Waals surface area contributed by atoms with Crippen LogP contribution >= 0.6 is 35.0 Å². The molecule has 1 unspecified atom stereocenters. The Kier molecular flexibility index (Phi) is 7.43. The number of halogens is 2. The van der Waals surface area contributed by atoms with Crippen LogP contribution in [0, 0.1) is 6.92 Å². The van der Waals surface area contributed by atoms with Gasteiger partial charge in [-0.3, -0.25) is 9.59 Å². The molecule has 3 aromatic carbocycles. The van der Waals surface area contributed by atoms with Crippen molar-refractivity contribution in [3.8, 4) is 0 Å². The van der Waals surface area contributed by atoms with Gasteiger partial charge < -0.3 is 10.6 Å². The highest BCUT2D eigenvalue weighted by Gasteiger charge is 2.16. The van der Waals surface area contributed by atoms with Crippen molar-refractivity contribution in [2.75, 3.05) is 10.6 Å². The van der Waals surface area contributed by atoms with Gasteiger partial charge in [0.05, 0.1) is 5.25 Å². The first kappa shape index (κ1) is 22.2. The summed E-state index contributed by atoms with van der Waals surface area (Å²) in [5.41, 5.74) is 2.76. The second-order valence-electron chi connectivity index (χ2n) is 6.70. The third-order valence-electron chi connectivity index (χ3n) is 4.32. The van der Waals surface area contributed by atoms with Crippen LogP contribution in [0.4, 0.5) is 11.4 Å². The fourth-order valence-corrected chi connectivity index (χ4v) is 3.99. The molecule has 0 saturated heterocycles. The van der Waals surface area contributed by atoms with Crippen molar-refractivity contribution in [1.82, 2.24) is 0 Å². The van der Waals surface area contributed by atoms with Crippen LogP contribution in [0.1, 0.15) is 22.8 Å². The minimum Gasteiger partial charge on any atom is -0.325 e. The summed E-state index contributed by atoms with van der Waals surface area (Å²) in [6.45, 7) is 3.74. The Balaban J connectivity index is 1.64. The molecule has 0 aliphatic rings. The Hall–Kier alpha value is -2.47. The fraction of sp³-hybridized carbons (Fsp3) is 0.130. The molecule has 4 nitrogen and oxygen atoms in total. The predicted molar refractivity (Wildman–Crippen MR) is 126 cm³/mol. The average Bonchev–Trinajstić information content (AvgIpc) is 2.71. The molecule has 3 aromatic rings. The molecule has 3 rings (SSSR count). The van der Waals surface area contributed by atoms with Gasteiger partial charge in [0.1, 0.15) is 0 Å². The molecule has 2 amide bonds. The van der Waals surface area contributed by atoms with E-state index >= 15 is 0 Å². The van der Waals surface area contributed by atoms with Crippen LogP contribution in [0.3, 0.4) is 0 Å². The molecular weight excluding hydrogens is 439 g/mol. The lowest BCUT2D eigenvalue weighted by atomic mass is 10.2. The van der Waals surface area contributed by atoms with Gasteiger partial charge in [-0.25, -0.2) is 0 Å². The number of aryl methyl sites for hydroxylation is 1. The Morgan fingerprint density at radius 3 is 2.40 bits per heavy atom. The number of carbonyl (C=O) groups is 2. The number of carbonyl (C=O) groups excluding carboxylic acids is 2. The zero-order valence-corrected chi connectivity index (χ0v) is 18.7. The molecule has 0 aromatic heterocycles. The Morgan fingerprint density at radius 2 is 1.63 bits per heavy atom. The molecule has 0 aliphatic carbocycles. The average molecular weight is 459 g/mol. The molecule has 0 heterocycles. The first-order valence-corrected chi connectivity index (χ1v) is 10.9. The molecular formula is C23H20Cl2N2O2S. The summed E-state index contributed by atoms with van der Waals surface area (Å²) < 4.78 is 0. The Labute approximate surface area is 190 Å². The second kappa shape index (κ2) is 10.0. The number of rotatable bonds is 6. The SMILES string of the molecule is Cc1ccc(Cl)cc1NC(=O)C(C)Sc1cccc(NC(=O)c2cccc(Cl)c2)c1. The van der Waals surface area contributed by atoms with Crippen molar-refractivity contribution in [2.45, 2.75) is 24.0 Å². The highest BCUT2D eigenvalue weighted by Crippen LogP contribution is 2.28. The van der Waals surface area contributed by atoms with Crippen LogP contribution in [-0.2, 0) is 4.79 Å². The molecule has 30 heavy (non-hydrogen) atoms. The van der Waals surface area contributed by atoms with E-state index in [1.807, 2.05) is 38.1 Å². The van der Waals surface area contributed by atoms with Crippen LogP contribution < -0.4 is 10.6 Å². The van der Waals surface area contributed by atoms with E-state index in [1.165, 1.54) is 11.8 Å². The third kappa shape index (κ3) is 6.02. The summed E-state index contributed by atoms with van der Waals surface area (Å²) in [6, 6.07) is 19.5. The van der Waals surface area contributed by atoms with Gasteiger partial charge in [0, 0.05) is 31.9 Å². The smallest absolute Gasteiger partial charge is 0.255 e. The molecule has 0 spiro atoms. The second-order valence-corrected chi connectivity index (χ2v) is 8.99. The van der Waals surface area contributed by atoms with E-state index in [9.17, 15) is 9.59 Å². The van der Waals surface area contributed by atoms with E-state index in [-0.39, 0.29) is 17.1 Å². The third-order valence-corrected chi connectivity index (χ3v) is 5.88. The summed E-state index contributed by atoms with van der Waals surface area (Å²) in [6.07, 6.45) is 0. The molecule has 2 N–H and O–H groups in total. The molecule has 1 atom stereocenters. The van der Waals surface area contributed by atoms with Gasteiger partial charge in [0.2, 0.25) is 5.91 Å². The van der Waals surface area contributed by atoms with E-state index in [1.54, 1.807) is 42.5 Å². The number of anilines is 2. The van der Waals surface area contributed by atoms with Crippen molar-refractivity contribution in [3.63, 3.8) is 0 Å². The van der Waals surface area contributed by atoms with E-state index < -0.39 is 0 Å². The molecule has 0 aliphatic heterocycles. The normalized spacial score (nSPS) is 11.6. The lowest BCUT2D eigenvalue weighted by Crippen LogP contribution is -2.22. The maximum Gasteiger partial charge on any atom is 0.255 e. The summed E-state index contributed by atoms with van der Waals surface area (Å²) in [5, 5.41) is 6.50. The zero-order valence-electron chi connectivity index (χ0n) is 16.4. The molecule has 0 bridgehead atoms. The van der Waals surface area contributed by atoms with Crippen LogP contribution in [0.5, 0.6) is 0 Å². The van der Waals surface area contributed by atoms with Gasteiger partial charge in [0.25, 0.3) is 5.91 Å². The van der Waals surface area contributed by atoms with Crippen LogP contribution in [0.15, 0.2) is 71.6 Å². The summed E-state index contributed by atoms with van der Waals surface area (Å²) in [4.78, 5) is 25.9. The number of thioether (sulfide) groups is 1. The van der Waals surface area contributed by atoms with Crippen LogP contribution in [0.2, 0.25) is 10.0 Å². The van der Waals surface area contributed by atoms with Crippen molar-refractivity contribution in [1.29, 1.82) is 0 Å². The highest BCUT2D eigenvalue weighted by atomic mass is 35.5. The van der Waals surface area contributed by atoms with Gasteiger partial charge in [-0.15, -0.1) is 11.8 Å². The van der Waals surface area contributed by atoms with Crippen molar-refractivity contribution >= 4 is 58.2 Å². The number of amides is 2. The molecule has 0 radical (unpaired) electrons. The standard InChI is InChI=1S/C23H20Cl2N2O2S/c1-14-9-10-18(25)12-21(14)27-22(28)15(2)30-20-8-4-7-19(13-20)26-23(29)16-5-3-6-17(24)11-16/h3-13,15H,1-2H3,(H,26,29)(H,27,28). The molecule has 7 heteroatoms. The summed E-state index contributed by atoms with van der Waals surface area (Å²) in [7, 11) is 0. The monoisotopic (exact) mass is 458 g/mol. The fourth-order valence-electron chi connectivity index (χ4n) is 2.70. The van der Waals surface area contributed by atoms with Gasteiger partial charge >= 0.3 is 0 Å².